The third-order valence-corrected chi connectivity index (χ3v) is 3.38. The van der Waals surface area contributed by atoms with Crippen LogP contribution in [0.3, 0.4) is 0 Å². The Kier molecular flexibility index (Phi) is 5.81. The number of rotatable bonds is 5. The number of carbonyl (C=O) groups is 1. The fraction of sp³-hybridized carbons (Fsp3) is 0.923. The predicted molar refractivity (Wildman–Crippen MR) is 65.5 cm³/mol. The number of aliphatic carboxylic acids is 1. The van der Waals surface area contributed by atoms with Crippen molar-refractivity contribution in [1.29, 1.82) is 0 Å². The molecule has 3 nitrogen and oxygen atoms in total. The summed E-state index contributed by atoms with van der Waals surface area (Å²) in [6, 6.07) is -0.333. The van der Waals surface area contributed by atoms with Crippen LogP contribution >= 0.6 is 0 Å². The minimum Gasteiger partial charge on any atom is -0.480 e. The fourth-order valence-electron chi connectivity index (χ4n) is 2.46. The van der Waals surface area contributed by atoms with Gasteiger partial charge in [0.15, 0.2) is 0 Å². The van der Waals surface area contributed by atoms with Gasteiger partial charge in [0.2, 0.25) is 0 Å². The quantitative estimate of drug-likeness (QED) is 0.710. The maximum atomic E-state index is 11.3. The Hall–Kier alpha value is -0.570. The summed E-state index contributed by atoms with van der Waals surface area (Å²) in [6.07, 6.45) is 7.07. The number of nitrogens with one attached hydrogen (secondary N) is 1. The van der Waals surface area contributed by atoms with Gasteiger partial charge in [-0.3, -0.25) is 4.79 Å². The number of carboxylic acids is 1. The second kappa shape index (κ2) is 6.89. The molecule has 2 N–H and O–H groups in total. The van der Waals surface area contributed by atoms with Crippen LogP contribution in [-0.2, 0) is 4.79 Å². The molecule has 1 atom stereocenters. The zero-order chi connectivity index (χ0) is 12.0. The molecule has 1 unspecified atom stereocenters. The van der Waals surface area contributed by atoms with E-state index < -0.39 is 5.97 Å². The molecule has 0 saturated heterocycles. The smallest absolute Gasteiger partial charge is 0.320 e. The molecule has 16 heavy (non-hydrogen) atoms. The molecule has 0 aromatic carbocycles. The highest BCUT2D eigenvalue weighted by atomic mass is 16.4. The molecule has 0 radical (unpaired) electrons. The zero-order valence-corrected chi connectivity index (χ0v) is 10.5. The van der Waals surface area contributed by atoms with Gasteiger partial charge in [-0.05, 0) is 31.2 Å². The highest BCUT2D eigenvalue weighted by Gasteiger charge is 2.28. The van der Waals surface area contributed by atoms with Crippen molar-refractivity contribution in [3.63, 3.8) is 0 Å². The van der Waals surface area contributed by atoms with Gasteiger partial charge in [0.1, 0.15) is 6.04 Å². The summed E-state index contributed by atoms with van der Waals surface area (Å²) in [6.45, 7) is 5.02. The average Bonchev–Trinajstić information content (AvgIpc) is 2.45. The molecule has 1 rings (SSSR count). The van der Waals surface area contributed by atoms with Gasteiger partial charge >= 0.3 is 5.97 Å². The van der Waals surface area contributed by atoms with Crippen LogP contribution in [0.4, 0.5) is 0 Å². The molecule has 0 spiro atoms. The summed E-state index contributed by atoms with van der Waals surface area (Å²) in [4.78, 5) is 11.3. The SMILES string of the molecule is CC(C)CNC(C(=O)O)C1CCCCCC1. The van der Waals surface area contributed by atoms with Crippen LogP contribution in [0, 0.1) is 11.8 Å². The molecule has 0 bridgehead atoms. The normalized spacial score (nSPS) is 20.7. The summed E-state index contributed by atoms with van der Waals surface area (Å²) in [5.41, 5.74) is 0. The van der Waals surface area contributed by atoms with Crippen LogP contribution in [0.2, 0.25) is 0 Å². The summed E-state index contributed by atoms with van der Waals surface area (Å²) in [5.74, 6) is 0.166. The lowest BCUT2D eigenvalue weighted by Gasteiger charge is -2.24. The van der Waals surface area contributed by atoms with Crippen molar-refractivity contribution in [2.24, 2.45) is 11.8 Å². The van der Waals surface area contributed by atoms with Crippen LogP contribution in [-0.4, -0.2) is 23.7 Å². The van der Waals surface area contributed by atoms with Gasteiger partial charge in [0.05, 0.1) is 0 Å². The molecule has 0 amide bonds. The number of hydrogen-bond donors (Lipinski definition) is 2. The van der Waals surface area contributed by atoms with E-state index in [-0.39, 0.29) is 6.04 Å². The summed E-state index contributed by atoms with van der Waals surface area (Å²) >= 11 is 0. The van der Waals surface area contributed by atoms with Gasteiger partial charge in [-0.25, -0.2) is 0 Å². The van der Waals surface area contributed by atoms with E-state index in [2.05, 4.69) is 19.2 Å². The molecular weight excluding hydrogens is 202 g/mol. The summed E-state index contributed by atoms with van der Waals surface area (Å²) in [5, 5.41) is 12.5. The van der Waals surface area contributed by atoms with Gasteiger partial charge in [0, 0.05) is 0 Å². The first kappa shape index (κ1) is 13.5. The standard InChI is InChI=1S/C13H25NO2/c1-10(2)9-14-12(13(15)16)11-7-5-3-4-6-8-11/h10-12,14H,3-9H2,1-2H3,(H,15,16). The average molecular weight is 227 g/mol. The highest BCUT2D eigenvalue weighted by Crippen LogP contribution is 2.25. The minimum atomic E-state index is -0.674. The molecular formula is C13H25NO2. The topological polar surface area (TPSA) is 49.3 Å². The van der Waals surface area contributed by atoms with Gasteiger partial charge in [-0.15, -0.1) is 0 Å². The number of carboxylic acid groups (broad SMARTS) is 1. The Labute approximate surface area is 98.6 Å². The van der Waals surface area contributed by atoms with E-state index >= 15 is 0 Å². The largest absolute Gasteiger partial charge is 0.480 e. The molecule has 94 valence electrons. The van der Waals surface area contributed by atoms with Crippen LogP contribution in [0.1, 0.15) is 52.4 Å². The third kappa shape index (κ3) is 4.52. The Morgan fingerprint density at radius 1 is 1.25 bits per heavy atom. The Balaban J connectivity index is 2.49. The van der Waals surface area contributed by atoms with Crippen LogP contribution in [0.15, 0.2) is 0 Å². The molecule has 0 heterocycles. The van der Waals surface area contributed by atoms with E-state index in [1.165, 1.54) is 25.7 Å². The summed E-state index contributed by atoms with van der Waals surface area (Å²) in [7, 11) is 0. The van der Waals surface area contributed by atoms with Gasteiger partial charge in [-0.1, -0.05) is 39.5 Å². The van der Waals surface area contributed by atoms with Gasteiger partial charge in [-0.2, -0.15) is 0 Å². The van der Waals surface area contributed by atoms with Gasteiger partial charge in [0.25, 0.3) is 0 Å². The van der Waals surface area contributed by atoms with Crippen molar-refractivity contribution in [2.45, 2.75) is 58.4 Å². The minimum absolute atomic E-state index is 0.332. The Morgan fingerprint density at radius 2 is 1.81 bits per heavy atom. The molecule has 0 aromatic heterocycles. The zero-order valence-electron chi connectivity index (χ0n) is 10.5. The lowest BCUT2D eigenvalue weighted by molar-refractivity contribution is -0.141. The van der Waals surface area contributed by atoms with E-state index in [1.807, 2.05) is 0 Å². The fourth-order valence-corrected chi connectivity index (χ4v) is 2.46. The van der Waals surface area contributed by atoms with Crippen molar-refractivity contribution in [2.75, 3.05) is 6.54 Å². The molecule has 1 fully saturated rings. The molecule has 1 aliphatic rings. The second-order valence-corrected chi connectivity index (χ2v) is 5.37. The van der Waals surface area contributed by atoms with Crippen molar-refractivity contribution >= 4 is 5.97 Å². The molecule has 1 saturated carbocycles. The Morgan fingerprint density at radius 3 is 2.25 bits per heavy atom. The van der Waals surface area contributed by atoms with Crippen molar-refractivity contribution in [3.05, 3.63) is 0 Å². The first-order chi connectivity index (χ1) is 7.61. The van der Waals surface area contributed by atoms with Crippen molar-refractivity contribution in [3.8, 4) is 0 Å². The molecule has 0 aliphatic heterocycles. The molecule has 0 aromatic rings. The lowest BCUT2D eigenvalue weighted by atomic mass is 9.91. The third-order valence-electron chi connectivity index (χ3n) is 3.38. The van der Waals surface area contributed by atoms with Gasteiger partial charge < -0.3 is 10.4 Å². The second-order valence-electron chi connectivity index (χ2n) is 5.37. The van der Waals surface area contributed by atoms with E-state index in [9.17, 15) is 9.90 Å². The maximum absolute atomic E-state index is 11.3. The highest BCUT2D eigenvalue weighted by molar-refractivity contribution is 5.73. The monoisotopic (exact) mass is 227 g/mol. The van der Waals surface area contributed by atoms with Crippen LogP contribution < -0.4 is 5.32 Å². The van der Waals surface area contributed by atoms with E-state index in [0.717, 1.165) is 19.4 Å². The Bertz CT molecular complexity index is 208. The van der Waals surface area contributed by atoms with Crippen molar-refractivity contribution in [1.82, 2.24) is 5.32 Å². The molecule has 1 aliphatic carbocycles. The predicted octanol–water partition coefficient (Wildman–Crippen LogP) is 2.66. The first-order valence-electron chi connectivity index (χ1n) is 6.57. The van der Waals surface area contributed by atoms with E-state index in [4.69, 9.17) is 0 Å². The molecule has 3 heteroatoms. The van der Waals surface area contributed by atoms with Crippen LogP contribution in [0.25, 0.3) is 0 Å². The van der Waals surface area contributed by atoms with E-state index in [0.29, 0.717) is 11.8 Å². The maximum Gasteiger partial charge on any atom is 0.320 e. The first-order valence-corrected chi connectivity index (χ1v) is 6.57. The number of hydrogen-bond acceptors (Lipinski definition) is 2. The van der Waals surface area contributed by atoms with Crippen LogP contribution in [0.5, 0.6) is 0 Å². The summed E-state index contributed by atoms with van der Waals surface area (Å²) < 4.78 is 0. The lowest BCUT2D eigenvalue weighted by Crippen LogP contribution is -2.44. The van der Waals surface area contributed by atoms with Crippen molar-refractivity contribution < 1.29 is 9.90 Å². The van der Waals surface area contributed by atoms with E-state index in [1.54, 1.807) is 0 Å².